The van der Waals surface area contributed by atoms with Gasteiger partial charge in [-0.15, -0.1) is 0 Å². The number of hydrazone groups is 1. The first-order valence-electron chi connectivity index (χ1n) is 8.44. The Bertz CT molecular complexity index is 737. The fraction of sp³-hybridized carbons (Fsp3) is 0.556. The lowest BCUT2D eigenvalue weighted by molar-refractivity contribution is 0.0833. The average molecular weight is 400 g/mol. The Balaban J connectivity index is 1.66. The van der Waals surface area contributed by atoms with Gasteiger partial charge in [0.25, 0.3) is 0 Å². The van der Waals surface area contributed by atoms with Crippen molar-refractivity contribution in [3.05, 3.63) is 27.7 Å². The fourth-order valence-electron chi connectivity index (χ4n) is 4.48. The number of halogens is 2. The highest BCUT2D eigenvalue weighted by Gasteiger charge is 2.60. The summed E-state index contributed by atoms with van der Waals surface area (Å²) in [7, 11) is 0. The zero-order valence-corrected chi connectivity index (χ0v) is 16.9. The molecule has 3 rings (SSSR count). The third-order valence-corrected chi connectivity index (χ3v) is 7.11. The molecular weight excluding hydrogens is 377 g/mol. The van der Waals surface area contributed by atoms with Crippen molar-refractivity contribution in [2.75, 3.05) is 0 Å². The van der Waals surface area contributed by atoms with Gasteiger partial charge >= 0.3 is 0 Å². The smallest absolute Gasteiger partial charge is 0.187 e. The highest BCUT2D eigenvalue weighted by molar-refractivity contribution is 7.80. The van der Waals surface area contributed by atoms with Gasteiger partial charge in [0.1, 0.15) is 5.75 Å². The van der Waals surface area contributed by atoms with E-state index in [9.17, 15) is 5.11 Å². The van der Waals surface area contributed by atoms with E-state index < -0.39 is 0 Å². The molecule has 2 aliphatic carbocycles. The molecule has 1 aromatic rings. The molecule has 2 fully saturated rings. The summed E-state index contributed by atoms with van der Waals surface area (Å²) >= 11 is 17.3. The lowest BCUT2D eigenvalue weighted by Crippen LogP contribution is -2.60. The molecule has 0 spiro atoms. The standard InChI is InChI=1S/C18H23Cl2N3OS/c1-17(2)11-4-5-12(7-11)18(17,3)22-16(25)23-21-9-10-6-13(19)8-14(20)15(10)24/h6,8-9,11-12,24H,4-5,7H2,1-3H3,(H2,22,23,25)/b21-9+/t11-,12-,18+/m1/s1. The van der Waals surface area contributed by atoms with Gasteiger partial charge < -0.3 is 10.4 Å². The number of nitrogens with zero attached hydrogens (tertiary/aromatic N) is 1. The summed E-state index contributed by atoms with van der Waals surface area (Å²) in [6.45, 7) is 6.90. The first-order valence-corrected chi connectivity index (χ1v) is 9.61. The van der Waals surface area contributed by atoms with Crippen LogP contribution in [0.2, 0.25) is 10.0 Å². The van der Waals surface area contributed by atoms with Crippen LogP contribution < -0.4 is 10.7 Å². The lowest BCUT2D eigenvalue weighted by atomic mass is 9.64. The van der Waals surface area contributed by atoms with Crippen LogP contribution in [0.1, 0.15) is 45.6 Å². The summed E-state index contributed by atoms with van der Waals surface area (Å²) in [4.78, 5) is 0. The molecule has 3 atom stereocenters. The summed E-state index contributed by atoms with van der Waals surface area (Å²) in [5.41, 5.74) is 3.41. The zero-order valence-electron chi connectivity index (χ0n) is 14.6. The maximum atomic E-state index is 9.94. The molecule has 7 heteroatoms. The van der Waals surface area contributed by atoms with E-state index in [0.717, 1.165) is 5.92 Å². The second-order valence-electron chi connectivity index (χ2n) is 7.78. The minimum absolute atomic E-state index is 0.0446. The van der Waals surface area contributed by atoms with Crippen molar-refractivity contribution in [2.24, 2.45) is 22.4 Å². The van der Waals surface area contributed by atoms with Crippen molar-refractivity contribution in [1.82, 2.24) is 10.7 Å². The molecule has 0 unspecified atom stereocenters. The minimum Gasteiger partial charge on any atom is -0.506 e. The first kappa shape index (κ1) is 18.7. The van der Waals surface area contributed by atoms with E-state index in [1.54, 1.807) is 6.07 Å². The van der Waals surface area contributed by atoms with E-state index >= 15 is 0 Å². The molecule has 136 valence electrons. The lowest BCUT2D eigenvalue weighted by Gasteiger charge is -2.48. The van der Waals surface area contributed by atoms with Gasteiger partial charge in [0.05, 0.1) is 11.2 Å². The monoisotopic (exact) mass is 399 g/mol. The van der Waals surface area contributed by atoms with E-state index in [1.807, 2.05) is 0 Å². The molecule has 0 heterocycles. The number of benzene rings is 1. The third kappa shape index (κ3) is 3.22. The van der Waals surface area contributed by atoms with Crippen LogP contribution in [0.25, 0.3) is 0 Å². The van der Waals surface area contributed by atoms with Gasteiger partial charge in [-0.25, -0.2) is 0 Å². The van der Waals surface area contributed by atoms with Gasteiger partial charge in [-0.05, 0) is 67.8 Å². The van der Waals surface area contributed by atoms with E-state index in [0.29, 0.717) is 21.6 Å². The topological polar surface area (TPSA) is 56.7 Å². The molecule has 0 aromatic heterocycles. The normalized spacial score (nSPS) is 30.0. The summed E-state index contributed by atoms with van der Waals surface area (Å²) in [6.07, 6.45) is 5.27. The number of phenolic OH excluding ortho intramolecular Hbond substituents is 1. The van der Waals surface area contributed by atoms with Crippen LogP contribution in [-0.4, -0.2) is 22.0 Å². The molecule has 0 amide bonds. The molecule has 4 nitrogen and oxygen atoms in total. The summed E-state index contributed by atoms with van der Waals surface area (Å²) in [5, 5.41) is 18.6. The van der Waals surface area contributed by atoms with E-state index in [2.05, 4.69) is 36.6 Å². The maximum Gasteiger partial charge on any atom is 0.187 e. The molecule has 0 radical (unpaired) electrons. The zero-order chi connectivity index (χ0) is 18.4. The third-order valence-electron chi connectivity index (χ3n) is 6.41. The number of hydrogen-bond donors (Lipinski definition) is 3. The Morgan fingerprint density at radius 1 is 1.28 bits per heavy atom. The fourth-order valence-corrected chi connectivity index (χ4v) is 5.26. The Hall–Kier alpha value is -1.04. The van der Waals surface area contributed by atoms with Crippen LogP contribution in [0.5, 0.6) is 5.75 Å². The van der Waals surface area contributed by atoms with Crippen molar-refractivity contribution in [2.45, 2.75) is 45.6 Å². The van der Waals surface area contributed by atoms with Gasteiger partial charge in [-0.3, -0.25) is 5.43 Å². The van der Waals surface area contributed by atoms with Crippen molar-refractivity contribution in [3.8, 4) is 5.75 Å². The second kappa shape index (κ2) is 6.60. The minimum atomic E-state index is -0.0586. The molecule has 2 bridgehead atoms. The molecule has 3 N–H and O–H groups in total. The molecule has 2 aliphatic rings. The van der Waals surface area contributed by atoms with E-state index in [1.165, 1.54) is 31.5 Å². The molecule has 0 aliphatic heterocycles. The molecule has 25 heavy (non-hydrogen) atoms. The summed E-state index contributed by atoms with van der Waals surface area (Å²) < 4.78 is 0. The van der Waals surface area contributed by atoms with Gasteiger partial charge in [-0.1, -0.05) is 37.0 Å². The molecule has 1 aromatic carbocycles. The van der Waals surface area contributed by atoms with Gasteiger partial charge in [-0.2, -0.15) is 5.10 Å². The van der Waals surface area contributed by atoms with Crippen molar-refractivity contribution in [3.63, 3.8) is 0 Å². The molecular formula is C18H23Cl2N3OS. The maximum absolute atomic E-state index is 9.94. The summed E-state index contributed by atoms with van der Waals surface area (Å²) in [6, 6.07) is 3.07. The largest absolute Gasteiger partial charge is 0.506 e. The quantitative estimate of drug-likeness (QED) is 0.391. The van der Waals surface area contributed by atoms with E-state index in [-0.39, 0.29) is 21.7 Å². The van der Waals surface area contributed by atoms with Crippen molar-refractivity contribution >= 4 is 46.7 Å². The Morgan fingerprint density at radius 3 is 2.60 bits per heavy atom. The van der Waals surface area contributed by atoms with Gasteiger partial charge in [0, 0.05) is 16.1 Å². The van der Waals surface area contributed by atoms with Crippen LogP contribution in [0.4, 0.5) is 0 Å². The number of aromatic hydroxyl groups is 1. The van der Waals surface area contributed by atoms with Crippen LogP contribution >= 0.6 is 35.4 Å². The van der Waals surface area contributed by atoms with Crippen LogP contribution in [0.15, 0.2) is 17.2 Å². The van der Waals surface area contributed by atoms with Crippen molar-refractivity contribution < 1.29 is 5.11 Å². The Labute approximate surface area is 164 Å². The van der Waals surface area contributed by atoms with Crippen LogP contribution in [0, 0.1) is 17.3 Å². The predicted molar refractivity (Wildman–Crippen MR) is 108 cm³/mol. The van der Waals surface area contributed by atoms with Gasteiger partial charge in [0.2, 0.25) is 0 Å². The Morgan fingerprint density at radius 2 is 1.96 bits per heavy atom. The van der Waals surface area contributed by atoms with Crippen LogP contribution in [-0.2, 0) is 0 Å². The number of nitrogens with one attached hydrogen (secondary N) is 2. The second-order valence-corrected chi connectivity index (χ2v) is 9.03. The van der Waals surface area contributed by atoms with E-state index in [4.69, 9.17) is 35.4 Å². The Kier molecular flexibility index (Phi) is 4.95. The summed E-state index contributed by atoms with van der Waals surface area (Å²) in [5.74, 6) is 1.32. The number of fused-ring (bicyclic) bond motifs is 2. The highest BCUT2D eigenvalue weighted by Crippen LogP contribution is 2.61. The average Bonchev–Trinajstić information content (AvgIpc) is 3.07. The number of hydrogen-bond acceptors (Lipinski definition) is 3. The number of rotatable bonds is 3. The van der Waals surface area contributed by atoms with Crippen LogP contribution in [0.3, 0.4) is 0 Å². The number of thiocarbonyl (C=S) groups is 1. The SMILES string of the molecule is CC1(C)[C@@H]2CC[C@H](C2)[C@]1(C)NC(=S)N/N=C/c1cc(Cl)cc(Cl)c1O. The highest BCUT2D eigenvalue weighted by atomic mass is 35.5. The molecule has 2 saturated carbocycles. The predicted octanol–water partition coefficient (Wildman–Crippen LogP) is 4.71. The van der Waals surface area contributed by atoms with Crippen molar-refractivity contribution in [1.29, 1.82) is 0 Å². The first-order chi connectivity index (χ1) is 11.6. The number of phenols is 1. The van der Waals surface area contributed by atoms with Gasteiger partial charge in [0.15, 0.2) is 5.11 Å². The molecule has 0 saturated heterocycles.